The van der Waals surface area contributed by atoms with Crippen LogP contribution in [0.1, 0.15) is 19.4 Å². The first-order valence-corrected chi connectivity index (χ1v) is 8.49. The second kappa shape index (κ2) is 6.12. The van der Waals surface area contributed by atoms with Crippen LogP contribution in [-0.4, -0.2) is 15.2 Å². The number of nitrogens with zero attached hydrogens (tertiary/aromatic N) is 3. The zero-order chi connectivity index (χ0) is 18.1. The molecule has 0 aliphatic heterocycles. The second-order valence-corrected chi connectivity index (χ2v) is 6.89. The second-order valence-electron chi connectivity index (χ2n) is 6.89. The highest BCUT2D eigenvalue weighted by molar-refractivity contribution is 5.93. The summed E-state index contributed by atoms with van der Waals surface area (Å²) in [5.41, 5.74) is 5.49. The third-order valence-electron chi connectivity index (χ3n) is 4.71. The lowest BCUT2D eigenvalue weighted by molar-refractivity contribution is 0.687. The van der Waals surface area contributed by atoms with E-state index in [2.05, 4.69) is 51.6 Å². The Balaban J connectivity index is 1.99. The van der Waals surface area contributed by atoms with Gasteiger partial charge in [0.1, 0.15) is 0 Å². The highest BCUT2D eigenvalue weighted by Crippen LogP contribution is 2.35. The first-order chi connectivity index (χ1) is 12.6. The lowest BCUT2D eigenvalue weighted by atomic mass is 9.82. The Bertz CT molecular complexity index is 1120. The smallest absolute Gasteiger partial charge is 0.155 e. The quantitative estimate of drug-likeness (QED) is 0.565. The Morgan fingerprint density at radius 2 is 1.73 bits per heavy atom. The van der Waals surface area contributed by atoms with Gasteiger partial charge in [-0.2, -0.15) is 10.4 Å². The lowest BCUT2D eigenvalue weighted by Gasteiger charge is -2.19. The van der Waals surface area contributed by atoms with Crippen LogP contribution in [0.25, 0.3) is 33.3 Å². The molecule has 0 bridgehead atoms. The summed E-state index contributed by atoms with van der Waals surface area (Å²) in [5.74, 6) is 0. The van der Waals surface area contributed by atoms with E-state index in [4.69, 9.17) is 0 Å². The minimum Gasteiger partial charge on any atom is -0.261 e. The van der Waals surface area contributed by atoms with Gasteiger partial charge in [-0.15, -0.1) is 0 Å². The number of rotatable bonds is 3. The molecule has 0 amide bonds. The van der Waals surface area contributed by atoms with Gasteiger partial charge in [-0.1, -0.05) is 30.3 Å². The van der Waals surface area contributed by atoms with Crippen molar-refractivity contribution in [2.24, 2.45) is 0 Å². The van der Waals surface area contributed by atoms with E-state index >= 15 is 0 Å². The highest BCUT2D eigenvalue weighted by Gasteiger charge is 2.22. The van der Waals surface area contributed by atoms with Crippen molar-refractivity contribution in [1.29, 1.82) is 5.26 Å². The maximum Gasteiger partial charge on any atom is 0.155 e. The summed E-state index contributed by atoms with van der Waals surface area (Å²) in [6.45, 7) is 3.89. The molecule has 26 heavy (non-hydrogen) atoms. The molecule has 4 aromatic rings. The summed E-state index contributed by atoms with van der Waals surface area (Å²) >= 11 is 0. The minimum absolute atomic E-state index is 0.581. The monoisotopic (exact) mass is 338 g/mol. The van der Waals surface area contributed by atoms with E-state index in [1.807, 2.05) is 38.1 Å². The molecule has 2 aromatic carbocycles. The molecular formula is C22H18N4. The Kier molecular flexibility index (Phi) is 3.78. The van der Waals surface area contributed by atoms with Crippen molar-refractivity contribution in [2.75, 3.05) is 0 Å². The zero-order valence-corrected chi connectivity index (χ0v) is 14.7. The van der Waals surface area contributed by atoms with Crippen molar-refractivity contribution >= 4 is 11.0 Å². The third kappa shape index (κ3) is 2.74. The van der Waals surface area contributed by atoms with Gasteiger partial charge in [0.05, 0.1) is 17.7 Å². The predicted octanol–water partition coefficient (Wildman–Crippen LogP) is 5.09. The average molecular weight is 338 g/mol. The number of H-pyrrole nitrogens is 1. The van der Waals surface area contributed by atoms with Crippen LogP contribution in [0.15, 0.2) is 67.0 Å². The maximum atomic E-state index is 9.63. The SMILES string of the molecule is CC(C)(C#N)c1cc(-c2ccccc2)cc(-c2ccnc3[nH]ncc23)c1. The molecule has 0 unspecified atom stereocenters. The van der Waals surface area contributed by atoms with Gasteiger partial charge in [-0.05, 0) is 65.9 Å². The molecule has 0 aliphatic carbocycles. The van der Waals surface area contributed by atoms with Gasteiger partial charge in [-0.25, -0.2) is 4.98 Å². The number of hydrogen-bond acceptors (Lipinski definition) is 3. The maximum absolute atomic E-state index is 9.63. The van der Waals surface area contributed by atoms with Crippen LogP contribution in [-0.2, 0) is 5.41 Å². The molecule has 2 heterocycles. The van der Waals surface area contributed by atoms with Gasteiger partial charge in [0, 0.05) is 11.6 Å². The molecular weight excluding hydrogens is 320 g/mol. The normalized spacial score (nSPS) is 11.4. The molecule has 0 saturated carbocycles. The van der Waals surface area contributed by atoms with E-state index in [0.717, 1.165) is 38.9 Å². The summed E-state index contributed by atoms with van der Waals surface area (Å²) in [5, 5.41) is 17.6. The van der Waals surface area contributed by atoms with Crippen molar-refractivity contribution in [3.8, 4) is 28.3 Å². The minimum atomic E-state index is -0.581. The molecule has 0 fully saturated rings. The average Bonchev–Trinajstić information content (AvgIpc) is 3.17. The molecule has 0 atom stereocenters. The Labute approximate surface area is 152 Å². The van der Waals surface area contributed by atoms with E-state index in [1.54, 1.807) is 12.4 Å². The molecule has 1 N–H and O–H groups in total. The fraction of sp³-hybridized carbons (Fsp3) is 0.136. The molecule has 0 spiro atoms. The summed E-state index contributed by atoms with van der Waals surface area (Å²) in [4.78, 5) is 4.32. The van der Waals surface area contributed by atoms with Crippen molar-refractivity contribution in [1.82, 2.24) is 15.2 Å². The van der Waals surface area contributed by atoms with Gasteiger partial charge in [0.2, 0.25) is 0 Å². The molecule has 126 valence electrons. The van der Waals surface area contributed by atoms with E-state index < -0.39 is 5.41 Å². The van der Waals surface area contributed by atoms with Crippen LogP contribution < -0.4 is 0 Å². The lowest BCUT2D eigenvalue weighted by Crippen LogP contribution is -2.14. The highest BCUT2D eigenvalue weighted by atomic mass is 15.1. The fourth-order valence-electron chi connectivity index (χ4n) is 3.11. The van der Waals surface area contributed by atoms with E-state index in [0.29, 0.717) is 0 Å². The summed E-state index contributed by atoms with van der Waals surface area (Å²) in [6, 6.07) is 21.0. The number of aromatic amines is 1. The predicted molar refractivity (Wildman–Crippen MR) is 103 cm³/mol. The van der Waals surface area contributed by atoms with Crippen LogP contribution in [0, 0.1) is 11.3 Å². The number of nitriles is 1. The Hall–Kier alpha value is -3.45. The standard InChI is InChI=1S/C22H18N4/c1-22(2,14-23)18-11-16(15-6-4-3-5-7-15)10-17(12-18)19-8-9-24-21-20(19)13-25-26-21/h3-13H,1-2H3,(H,24,25,26). The molecule has 0 saturated heterocycles. The van der Waals surface area contributed by atoms with Gasteiger partial charge >= 0.3 is 0 Å². The van der Waals surface area contributed by atoms with E-state index in [1.165, 1.54) is 0 Å². The van der Waals surface area contributed by atoms with Gasteiger partial charge < -0.3 is 0 Å². The molecule has 4 heteroatoms. The van der Waals surface area contributed by atoms with Crippen LogP contribution in [0.3, 0.4) is 0 Å². The molecule has 0 aliphatic rings. The van der Waals surface area contributed by atoms with Crippen LogP contribution in [0.5, 0.6) is 0 Å². The number of fused-ring (bicyclic) bond motifs is 1. The Morgan fingerprint density at radius 3 is 2.50 bits per heavy atom. The molecule has 2 aromatic heterocycles. The first kappa shape index (κ1) is 16.0. The third-order valence-corrected chi connectivity index (χ3v) is 4.71. The molecule has 4 rings (SSSR count). The van der Waals surface area contributed by atoms with Crippen LogP contribution >= 0.6 is 0 Å². The number of pyridine rings is 1. The van der Waals surface area contributed by atoms with E-state index in [-0.39, 0.29) is 0 Å². The van der Waals surface area contributed by atoms with Crippen molar-refractivity contribution < 1.29 is 0 Å². The Morgan fingerprint density at radius 1 is 0.962 bits per heavy atom. The number of aromatic nitrogens is 3. The van der Waals surface area contributed by atoms with Gasteiger partial charge in [-0.3, -0.25) is 5.10 Å². The number of benzene rings is 2. The fourth-order valence-corrected chi connectivity index (χ4v) is 3.11. The van der Waals surface area contributed by atoms with Gasteiger partial charge in [0.15, 0.2) is 5.65 Å². The van der Waals surface area contributed by atoms with Gasteiger partial charge in [0.25, 0.3) is 0 Å². The van der Waals surface area contributed by atoms with Crippen molar-refractivity contribution in [3.05, 3.63) is 72.6 Å². The summed E-state index contributed by atoms with van der Waals surface area (Å²) < 4.78 is 0. The number of nitrogens with one attached hydrogen (secondary N) is 1. The summed E-state index contributed by atoms with van der Waals surface area (Å²) in [7, 11) is 0. The topological polar surface area (TPSA) is 65.4 Å². The van der Waals surface area contributed by atoms with Crippen LogP contribution in [0.2, 0.25) is 0 Å². The first-order valence-electron chi connectivity index (χ1n) is 8.49. The van der Waals surface area contributed by atoms with E-state index in [9.17, 15) is 5.26 Å². The molecule has 0 radical (unpaired) electrons. The number of hydrogen-bond donors (Lipinski definition) is 1. The zero-order valence-electron chi connectivity index (χ0n) is 14.7. The van der Waals surface area contributed by atoms with Crippen LogP contribution in [0.4, 0.5) is 0 Å². The van der Waals surface area contributed by atoms with Crippen molar-refractivity contribution in [3.63, 3.8) is 0 Å². The summed E-state index contributed by atoms with van der Waals surface area (Å²) in [6.07, 6.45) is 3.57. The molecule has 4 nitrogen and oxygen atoms in total. The van der Waals surface area contributed by atoms with Crippen molar-refractivity contribution in [2.45, 2.75) is 19.3 Å². The largest absolute Gasteiger partial charge is 0.261 e.